The van der Waals surface area contributed by atoms with Crippen molar-refractivity contribution in [3.05, 3.63) is 30.5 Å². The molecule has 1 aliphatic heterocycles. The van der Waals surface area contributed by atoms with E-state index in [4.69, 9.17) is 5.73 Å². The Morgan fingerprint density at radius 2 is 2.22 bits per heavy atom. The first-order valence-electron chi connectivity index (χ1n) is 6.15. The van der Waals surface area contributed by atoms with E-state index in [2.05, 4.69) is 20.2 Å². The summed E-state index contributed by atoms with van der Waals surface area (Å²) in [5.41, 5.74) is 5.66. The van der Waals surface area contributed by atoms with Gasteiger partial charge in [0.15, 0.2) is 5.82 Å². The molecule has 2 rings (SSSR count). The fraction of sp³-hybridized carbons (Fsp3) is 0.500. The number of hydrogen-bond acceptors (Lipinski definition) is 6. The smallest absolute Gasteiger partial charge is 0.167 e. The molecule has 18 heavy (non-hydrogen) atoms. The van der Waals surface area contributed by atoms with E-state index >= 15 is 0 Å². The molecule has 0 spiro atoms. The summed E-state index contributed by atoms with van der Waals surface area (Å²) in [7, 11) is 0. The van der Waals surface area contributed by atoms with Crippen LogP contribution in [0.4, 0.5) is 0 Å². The largest absolute Gasteiger partial charge is 0.404 e. The van der Waals surface area contributed by atoms with Crippen molar-refractivity contribution in [3.8, 4) is 0 Å². The maximum absolute atomic E-state index is 5.66. The molecule has 1 fully saturated rings. The van der Waals surface area contributed by atoms with Gasteiger partial charge >= 0.3 is 0 Å². The zero-order valence-electron chi connectivity index (χ0n) is 10.4. The molecule has 0 atom stereocenters. The van der Waals surface area contributed by atoms with E-state index in [-0.39, 0.29) is 0 Å². The Hall–Kier alpha value is -1.11. The second-order valence-electron chi connectivity index (χ2n) is 4.10. The third-order valence-electron chi connectivity index (χ3n) is 2.77. The lowest BCUT2D eigenvalue weighted by atomic mass is 10.4. The molecule has 1 saturated heterocycles. The molecule has 1 aliphatic rings. The maximum atomic E-state index is 5.66. The van der Waals surface area contributed by atoms with E-state index < -0.39 is 0 Å². The van der Waals surface area contributed by atoms with Gasteiger partial charge in [-0.15, -0.1) is 11.8 Å². The van der Waals surface area contributed by atoms with Gasteiger partial charge in [0.1, 0.15) is 0 Å². The topological polar surface area (TPSA) is 67.1 Å². The fourth-order valence-electron chi connectivity index (χ4n) is 1.81. The molecule has 0 saturated carbocycles. The van der Waals surface area contributed by atoms with Crippen LogP contribution < -0.4 is 11.1 Å². The molecule has 2 heterocycles. The second kappa shape index (κ2) is 7.35. The van der Waals surface area contributed by atoms with Gasteiger partial charge in [-0.2, -0.15) is 0 Å². The van der Waals surface area contributed by atoms with Gasteiger partial charge in [-0.05, 0) is 19.0 Å². The van der Waals surface area contributed by atoms with E-state index in [1.54, 1.807) is 30.4 Å². The molecule has 0 radical (unpaired) electrons. The summed E-state index contributed by atoms with van der Waals surface area (Å²) in [4.78, 5) is 11.8. The van der Waals surface area contributed by atoms with Crippen molar-refractivity contribution in [2.75, 3.05) is 32.1 Å². The summed E-state index contributed by atoms with van der Waals surface area (Å²) in [6, 6.07) is 1.81. The third kappa shape index (κ3) is 3.97. The Morgan fingerprint density at radius 1 is 1.39 bits per heavy atom. The minimum absolute atomic E-state index is 0.706. The van der Waals surface area contributed by atoms with Gasteiger partial charge in [0.05, 0.1) is 4.91 Å². The van der Waals surface area contributed by atoms with E-state index in [0.29, 0.717) is 5.82 Å². The lowest BCUT2D eigenvalue weighted by Gasteiger charge is -2.19. The van der Waals surface area contributed by atoms with Crippen LogP contribution in [0.25, 0.3) is 4.91 Å². The molecule has 3 N–H and O–H groups in total. The highest BCUT2D eigenvalue weighted by Crippen LogP contribution is 2.24. The summed E-state index contributed by atoms with van der Waals surface area (Å²) < 4.78 is 0. The molecule has 0 unspecified atom stereocenters. The van der Waals surface area contributed by atoms with Crippen molar-refractivity contribution >= 4 is 16.7 Å². The highest BCUT2D eigenvalue weighted by Gasteiger charge is 2.11. The molecule has 0 aliphatic carbocycles. The van der Waals surface area contributed by atoms with E-state index in [0.717, 1.165) is 37.0 Å². The zero-order chi connectivity index (χ0) is 12.6. The van der Waals surface area contributed by atoms with Crippen LogP contribution >= 0.6 is 11.8 Å². The quantitative estimate of drug-likeness (QED) is 0.836. The summed E-state index contributed by atoms with van der Waals surface area (Å²) in [5, 5.41) is 3.40. The van der Waals surface area contributed by atoms with E-state index in [9.17, 15) is 0 Å². The van der Waals surface area contributed by atoms with Gasteiger partial charge in [-0.1, -0.05) is 0 Å². The molecule has 98 valence electrons. The number of nitrogens with zero attached hydrogens (tertiary/aromatic N) is 3. The summed E-state index contributed by atoms with van der Waals surface area (Å²) in [6.07, 6.45) is 6.27. The molecule has 1 aromatic heterocycles. The molecular formula is C12H19N5S. The highest BCUT2D eigenvalue weighted by atomic mass is 32.2. The Labute approximate surface area is 112 Å². The maximum Gasteiger partial charge on any atom is 0.167 e. The lowest BCUT2D eigenvalue weighted by molar-refractivity contribution is 0.345. The normalized spacial score (nSPS) is 18.6. The zero-order valence-corrected chi connectivity index (χ0v) is 11.2. The number of nitrogens with one attached hydrogen (secondary N) is 1. The Morgan fingerprint density at radius 3 is 3.00 bits per heavy atom. The first kappa shape index (κ1) is 13.3. The first-order chi connectivity index (χ1) is 8.90. The predicted octanol–water partition coefficient (Wildman–Crippen LogP) is 0.720. The molecule has 5 nitrogen and oxygen atoms in total. The van der Waals surface area contributed by atoms with Crippen molar-refractivity contribution in [2.24, 2.45) is 5.73 Å². The van der Waals surface area contributed by atoms with E-state index in [1.165, 1.54) is 6.42 Å². The fourth-order valence-corrected chi connectivity index (χ4v) is 2.72. The minimum atomic E-state index is 0.706. The SMILES string of the molecule is N/C=C(\SCN1CCCNCC1)c1ncccn1. The predicted molar refractivity (Wildman–Crippen MR) is 75.7 cm³/mol. The standard InChI is InChI=1S/C12H19N5S/c13-9-11(12-15-4-1-5-16-12)18-10-17-7-2-3-14-6-8-17/h1,4-5,9,14H,2-3,6-8,10,13H2/b11-9-. The molecule has 1 aromatic rings. The van der Waals surface area contributed by atoms with Crippen LogP contribution in [0.15, 0.2) is 24.7 Å². The number of rotatable bonds is 4. The van der Waals surface area contributed by atoms with Crippen LogP contribution in [0.3, 0.4) is 0 Å². The van der Waals surface area contributed by atoms with Crippen LogP contribution in [0.1, 0.15) is 12.2 Å². The number of hydrogen-bond donors (Lipinski definition) is 2. The molecular weight excluding hydrogens is 246 g/mol. The van der Waals surface area contributed by atoms with Crippen molar-refractivity contribution in [1.82, 2.24) is 20.2 Å². The average molecular weight is 265 g/mol. The van der Waals surface area contributed by atoms with Crippen LogP contribution in [0, 0.1) is 0 Å². The second-order valence-corrected chi connectivity index (χ2v) is 5.09. The first-order valence-corrected chi connectivity index (χ1v) is 7.14. The minimum Gasteiger partial charge on any atom is -0.404 e. The summed E-state index contributed by atoms with van der Waals surface area (Å²) in [5.74, 6) is 1.64. The summed E-state index contributed by atoms with van der Waals surface area (Å²) in [6.45, 7) is 4.39. The van der Waals surface area contributed by atoms with E-state index in [1.807, 2.05) is 6.07 Å². The van der Waals surface area contributed by atoms with Gasteiger partial charge in [0.2, 0.25) is 0 Å². The van der Waals surface area contributed by atoms with Gasteiger partial charge in [0, 0.05) is 44.1 Å². The van der Waals surface area contributed by atoms with Crippen LogP contribution in [-0.4, -0.2) is 46.9 Å². The number of aromatic nitrogens is 2. The Balaban J connectivity index is 1.88. The van der Waals surface area contributed by atoms with Crippen molar-refractivity contribution < 1.29 is 0 Å². The van der Waals surface area contributed by atoms with Crippen LogP contribution in [0.5, 0.6) is 0 Å². The summed E-state index contributed by atoms with van der Waals surface area (Å²) >= 11 is 1.70. The lowest BCUT2D eigenvalue weighted by Crippen LogP contribution is -2.27. The highest BCUT2D eigenvalue weighted by molar-refractivity contribution is 8.08. The molecule has 0 amide bonds. The monoisotopic (exact) mass is 265 g/mol. The van der Waals surface area contributed by atoms with Gasteiger partial charge in [-0.3, -0.25) is 4.90 Å². The van der Waals surface area contributed by atoms with Gasteiger partial charge in [0.25, 0.3) is 0 Å². The number of thioether (sulfide) groups is 1. The van der Waals surface area contributed by atoms with Gasteiger partial charge in [-0.25, -0.2) is 9.97 Å². The third-order valence-corrected chi connectivity index (χ3v) is 3.90. The molecule has 0 bridgehead atoms. The van der Waals surface area contributed by atoms with Crippen molar-refractivity contribution in [1.29, 1.82) is 0 Å². The number of nitrogens with two attached hydrogens (primary N) is 1. The Bertz CT molecular complexity index is 373. The van der Waals surface area contributed by atoms with Crippen LogP contribution in [-0.2, 0) is 0 Å². The van der Waals surface area contributed by atoms with Gasteiger partial charge < -0.3 is 11.1 Å². The average Bonchev–Trinajstić information content (AvgIpc) is 2.69. The molecule has 0 aromatic carbocycles. The van der Waals surface area contributed by atoms with Crippen molar-refractivity contribution in [2.45, 2.75) is 6.42 Å². The molecule has 6 heteroatoms. The Kier molecular flexibility index (Phi) is 5.44. The van der Waals surface area contributed by atoms with Crippen LogP contribution in [0.2, 0.25) is 0 Å². The van der Waals surface area contributed by atoms with Crippen molar-refractivity contribution in [3.63, 3.8) is 0 Å².